The van der Waals surface area contributed by atoms with Crippen LogP contribution in [0.5, 0.6) is 0 Å². The van der Waals surface area contributed by atoms with Gasteiger partial charge in [-0.25, -0.2) is 13.1 Å². The van der Waals surface area contributed by atoms with E-state index in [2.05, 4.69) is 22.2 Å². The van der Waals surface area contributed by atoms with Crippen LogP contribution in [0.15, 0.2) is 41.3 Å². The minimum atomic E-state index is -3.89. The molecule has 0 saturated heterocycles. The summed E-state index contributed by atoms with van der Waals surface area (Å²) in [5, 5.41) is 14.2. The Morgan fingerprint density at radius 3 is 2.62 bits per heavy atom. The molecular weight excluding hydrogens is 330 g/mol. The zero-order valence-corrected chi connectivity index (χ0v) is 14.0. The van der Waals surface area contributed by atoms with Crippen molar-refractivity contribution in [1.29, 1.82) is 0 Å². The largest absolute Gasteiger partial charge is 0.315 e. The minimum Gasteiger partial charge on any atom is -0.315 e. The molecule has 1 fully saturated rings. The maximum Gasteiger partial charge on any atom is 0.289 e. The Morgan fingerprint density at radius 1 is 1.17 bits per heavy atom. The third kappa shape index (κ3) is 3.66. The molecule has 0 aromatic heterocycles. The molecule has 1 aromatic rings. The first-order valence-electron chi connectivity index (χ1n) is 8.09. The van der Waals surface area contributed by atoms with Crippen molar-refractivity contribution in [2.24, 2.45) is 17.8 Å². The number of nitrogens with one attached hydrogen (secondary N) is 2. The smallest absolute Gasteiger partial charge is 0.289 e. The average Bonchev–Trinajstić information content (AvgIpc) is 3.17. The van der Waals surface area contributed by atoms with Gasteiger partial charge in [-0.3, -0.25) is 10.1 Å². The summed E-state index contributed by atoms with van der Waals surface area (Å²) in [4.78, 5) is 9.97. The molecule has 7 nitrogen and oxygen atoms in total. The zero-order valence-electron chi connectivity index (χ0n) is 13.2. The van der Waals surface area contributed by atoms with Crippen molar-refractivity contribution in [3.63, 3.8) is 0 Å². The monoisotopic (exact) mass is 351 g/mol. The van der Waals surface area contributed by atoms with E-state index in [-0.39, 0.29) is 11.4 Å². The molecule has 3 rings (SSSR count). The van der Waals surface area contributed by atoms with Gasteiger partial charge in [0.05, 0.1) is 4.92 Å². The molecule has 0 heterocycles. The number of fused-ring (bicyclic) bond motifs is 2. The Morgan fingerprint density at radius 2 is 1.96 bits per heavy atom. The Bertz CT molecular complexity index is 747. The lowest BCUT2D eigenvalue weighted by atomic mass is 9.94. The van der Waals surface area contributed by atoms with Crippen LogP contribution in [-0.4, -0.2) is 33.0 Å². The highest BCUT2D eigenvalue weighted by atomic mass is 32.2. The van der Waals surface area contributed by atoms with Gasteiger partial charge in [0.15, 0.2) is 4.90 Å². The SMILES string of the molecule is O=[N+]([O-])c1ccccc1S(=O)(=O)NCCNCC1CC2C=CC1C2. The second-order valence-corrected chi connectivity index (χ2v) is 8.10. The van der Waals surface area contributed by atoms with Gasteiger partial charge in [-0.15, -0.1) is 0 Å². The Labute approximate surface area is 141 Å². The zero-order chi connectivity index (χ0) is 17.2. The van der Waals surface area contributed by atoms with Gasteiger partial charge < -0.3 is 5.32 Å². The third-order valence-electron chi connectivity index (χ3n) is 4.77. The van der Waals surface area contributed by atoms with Crippen molar-refractivity contribution in [1.82, 2.24) is 10.0 Å². The third-order valence-corrected chi connectivity index (χ3v) is 6.28. The van der Waals surface area contributed by atoms with Gasteiger partial charge in [-0.05, 0) is 43.2 Å². The summed E-state index contributed by atoms with van der Waals surface area (Å²) in [7, 11) is -3.89. The number of hydrogen-bond donors (Lipinski definition) is 2. The summed E-state index contributed by atoms with van der Waals surface area (Å²) in [5.74, 6) is 2.01. The summed E-state index contributed by atoms with van der Waals surface area (Å²) in [5.41, 5.74) is -0.410. The van der Waals surface area contributed by atoms with Crippen molar-refractivity contribution in [2.45, 2.75) is 17.7 Å². The van der Waals surface area contributed by atoms with Crippen LogP contribution in [0.1, 0.15) is 12.8 Å². The Kier molecular flexibility index (Phi) is 4.98. The molecule has 130 valence electrons. The van der Waals surface area contributed by atoms with Gasteiger partial charge >= 0.3 is 0 Å². The Hall–Kier alpha value is -1.77. The second kappa shape index (κ2) is 7.00. The molecule has 2 aliphatic carbocycles. The maximum atomic E-state index is 12.2. The van der Waals surface area contributed by atoms with Crippen LogP contribution in [-0.2, 0) is 10.0 Å². The van der Waals surface area contributed by atoms with Gasteiger partial charge in [-0.1, -0.05) is 24.3 Å². The highest BCUT2D eigenvalue weighted by molar-refractivity contribution is 7.89. The summed E-state index contributed by atoms with van der Waals surface area (Å²) >= 11 is 0. The summed E-state index contributed by atoms with van der Waals surface area (Å²) in [6.07, 6.45) is 7.03. The number of sulfonamides is 1. The first kappa shape index (κ1) is 17.1. The van der Waals surface area contributed by atoms with Crippen LogP contribution in [0.25, 0.3) is 0 Å². The highest BCUT2D eigenvalue weighted by Gasteiger charge is 2.34. The van der Waals surface area contributed by atoms with Crippen LogP contribution < -0.4 is 10.0 Å². The van der Waals surface area contributed by atoms with E-state index < -0.39 is 20.6 Å². The highest BCUT2D eigenvalue weighted by Crippen LogP contribution is 2.42. The van der Waals surface area contributed by atoms with E-state index in [1.165, 1.54) is 37.1 Å². The number of rotatable bonds is 8. The fraction of sp³-hybridized carbons (Fsp3) is 0.500. The maximum absolute atomic E-state index is 12.2. The average molecular weight is 351 g/mol. The molecule has 0 spiro atoms. The number of nitro benzene ring substituents is 1. The minimum absolute atomic E-state index is 0.199. The quantitative estimate of drug-likeness (QED) is 0.321. The molecule has 24 heavy (non-hydrogen) atoms. The molecule has 1 saturated carbocycles. The van der Waals surface area contributed by atoms with Crippen LogP contribution >= 0.6 is 0 Å². The molecule has 0 amide bonds. The number of nitro groups is 1. The van der Waals surface area contributed by atoms with E-state index in [0.717, 1.165) is 12.5 Å². The molecule has 1 aromatic carbocycles. The predicted octanol–water partition coefficient (Wildman–Crippen LogP) is 1.67. The lowest BCUT2D eigenvalue weighted by Crippen LogP contribution is -2.34. The summed E-state index contributed by atoms with van der Waals surface area (Å²) in [6, 6.07) is 5.36. The number of nitrogens with zero attached hydrogens (tertiary/aromatic N) is 1. The van der Waals surface area contributed by atoms with E-state index in [1.807, 2.05) is 0 Å². The lowest BCUT2D eigenvalue weighted by molar-refractivity contribution is -0.387. The fourth-order valence-electron chi connectivity index (χ4n) is 3.60. The van der Waals surface area contributed by atoms with E-state index in [9.17, 15) is 18.5 Å². The fourth-order valence-corrected chi connectivity index (χ4v) is 4.81. The van der Waals surface area contributed by atoms with Crippen LogP contribution in [0, 0.1) is 27.9 Å². The number of hydrogen-bond acceptors (Lipinski definition) is 5. The number of allylic oxidation sites excluding steroid dienone is 2. The lowest BCUT2D eigenvalue weighted by Gasteiger charge is -2.18. The first-order chi connectivity index (χ1) is 11.5. The molecule has 2 N–H and O–H groups in total. The Balaban J connectivity index is 1.47. The van der Waals surface area contributed by atoms with E-state index in [1.54, 1.807) is 0 Å². The van der Waals surface area contributed by atoms with Gasteiger partial charge in [0.1, 0.15) is 0 Å². The number of para-hydroxylation sites is 1. The standard InChI is InChI=1S/C16H21N3O4S/c20-19(21)15-3-1-2-4-16(15)24(22,23)18-8-7-17-11-14-10-12-5-6-13(14)9-12/h1-6,12-14,17-18H,7-11H2. The van der Waals surface area contributed by atoms with Crippen molar-refractivity contribution >= 4 is 15.7 Å². The van der Waals surface area contributed by atoms with E-state index >= 15 is 0 Å². The van der Waals surface area contributed by atoms with E-state index in [4.69, 9.17) is 0 Å². The number of benzene rings is 1. The molecule has 2 bridgehead atoms. The molecule has 2 aliphatic rings. The van der Waals surface area contributed by atoms with Crippen LogP contribution in [0.2, 0.25) is 0 Å². The van der Waals surface area contributed by atoms with Crippen LogP contribution in [0.4, 0.5) is 5.69 Å². The first-order valence-corrected chi connectivity index (χ1v) is 9.58. The molecular formula is C16H21N3O4S. The van der Waals surface area contributed by atoms with Crippen molar-refractivity contribution < 1.29 is 13.3 Å². The van der Waals surface area contributed by atoms with Gasteiger partial charge in [-0.2, -0.15) is 0 Å². The molecule has 3 unspecified atom stereocenters. The molecule has 3 atom stereocenters. The second-order valence-electron chi connectivity index (χ2n) is 6.37. The van der Waals surface area contributed by atoms with Crippen molar-refractivity contribution in [2.75, 3.05) is 19.6 Å². The predicted molar refractivity (Wildman–Crippen MR) is 90.0 cm³/mol. The topological polar surface area (TPSA) is 101 Å². The van der Waals surface area contributed by atoms with E-state index in [0.29, 0.717) is 18.4 Å². The summed E-state index contributed by atoms with van der Waals surface area (Å²) in [6.45, 7) is 1.57. The van der Waals surface area contributed by atoms with Crippen molar-refractivity contribution in [3.05, 3.63) is 46.5 Å². The summed E-state index contributed by atoms with van der Waals surface area (Å²) < 4.78 is 26.9. The molecule has 8 heteroatoms. The molecule has 0 aliphatic heterocycles. The van der Waals surface area contributed by atoms with Crippen molar-refractivity contribution in [3.8, 4) is 0 Å². The van der Waals surface area contributed by atoms with Gasteiger partial charge in [0.25, 0.3) is 5.69 Å². The van der Waals surface area contributed by atoms with Gasteiger partial charge in [0.2, 0.25) is 10.0 Å². The van der Waals surface area contributed by atoms with Crippen LogP contribution in [0.3, 0.4) is 0 Å². The normalized spacial score (nSPS) is 25.2. The van der Waals surface area contributed by atoms with Gasteiger partial charge in [0, 0.05) is 19.2 Å². The molecule has 0 radical (unpaired) electrons.